The van der Waals surface area contributed by atoms with Crippen LogP contribution in [0.5, 0.6) is 0 Å². The van der Waals surface area contributed by atoms with Crippen molar-refractivity contribution in [1.29, 1.82) is 0 Å². The highest BCUT2D eigenvalue weighted by molar-refractivity contribution is 5.55. The van der Waals surface area contributed by atoms with Crippen LogP contribution in [0.1, 0.15) is 34.1 Å². The van der Waals surface area contributed by atoms with Crippen LogP contribution in [-0.2, 0) is 0 Å². The van der Waals surface area contributed by atoms with E-state index < -0.39 is 0 Å². The van der Waals surface area contributed by atoms with Crippen LogP contribution in [0.2, 0.25) is 0 Å². The van der Waals surface area contributed by atoms with Gasteiger partial charge >= 0.3 is 0 Å². The van der Waals surface area contributed by atoms with E-state index in [0.29, 0.717) is 6.04 Å². The molecule has 1 aliphatic rings. The van der Waals surface area contributed by atoms with Crippen LogP contribution in [0.25, 0.3) is 0 Å². The van der Waals surface area contributed by atoms with Crippen molar-refractivity contribution in [2.45, 2.75) is 40.2 Å². The zero-order valence-electron chi connectivity index (χ0n) is 8.17. The Morgan fingerprint density at radius 3 is 2.45 bits per heavy atom. The van der Waals surface area contributed by atoms with Crippen molar-refractivity contribution in [3.8, 4) is 0 Å². The monoisotopic (exact) mass is 154 g/mol. The van der Waals surface area contributed by atoms with Crippen molar-refractivity contribution < 1.29 is 4.58 Å². The molecule has 64 valence electrons. The second-order valence-corrected chi connectivity index (χ2v) is 4.26. The van der Waals surface area contributed by atoms with Gasteiger partial charge in [-0.1, -0.05) is 13.8 Å². The number of hydrogen-bond donors (Lipinski definition) is 0. The van der Waals surface area contributed by atoms with Crippen LogP contribution in [0.3, 0.4) is 0 Å². The molecule has 11 heavy (non-hydrogen) atoms. The lowest BCUT2D eigenvalue weighted by Gasteiger charge is -2.20. The second-order valence-electron chi connectivity index (χ2n) is 4.26. The highest BCUT2D eigenvalue weighted by Crippen LogP contribution is 2.15. The molecule has 0 spiro atoms. The molecule has 0 fully saturated rings. The standard InChI is InChI=1S/C10H20N/c1-8(2)11-6-9(3)5-10(4)7-11/h6,8-10H,5,7H2,1-4H3/q+1/t9-,10-/m1/s1. The summed E-state index contributed by atoms with van der Waals surface area (Å²) in [6, 6.07) is 0.681. The lowest BCUT2D eigenvalue weighted by atomic mass is 9.94. The third-order valence-corrected chi connectivity index (χ3v) is 2.41. The Balaban J connectivity index is 2.64. The minimum atomic E-state index is 0.681. The van der Waals surface area contributed by atoms with E-state index in [9.17, 15) is 0 Å². The Morgan fingerprint density at radius 1 is 1.36 bits per heavy atom. The molecule has 0 saturated heterocycles. The molecular weight excluding hydrogens is 134 g/mol. The summed E-state index contributed by atoms with van der Waals surface area (Å²) in [5, 5.41) is 0. The minimum Gasteiger partial charge on any atom is -0.237 e. The highest BCUT2D eigenvalue weighted by atomic mass is 15.0. The molecule has 1 rings (SSSR count). The lowest BCUT2D eigenvalue weighted by Crippen LogP contribution is -2.33. The SMILES string of the molecule is CC(C)[N+]1=C[C@H](C)C[C@@H](C)C1. The zero-order valence-corrected chi connectivity index (χ0v) is 8.17. The van der Waals surface area contributed by atoms with Crippen LogP contribution in [0.4, 0.5) is 0 Å². The fourth-order valence-corrected chi connectivity index (χ4v) is 1.90. The molecule has 0 aromatic rings. The van der Waals surface area contributed by atoms with Gasteiger partial charge in [-0.25, -0.2) is 4.58 Å². The third-order valence-electron chi connectivity index (χ3n) is 2.41. The van der Waals surface area contributed by atoms with Gasteiger partial charge in [-0.15, -0.1) is 0 Å². The average molecular weight is 154 g/mol. The Morgan fingerprint density at radius 2 is 2.00 bits per heavy atom. The van der Waals surface area contributed by atoms with Crippen LogP contribution in [0.15, 0.2) is 0 Å². The molecular formula is C10H20N+. The summed E-state index contributed by atoms with van der Waals surface area (Å²) in [5.41, 5.74) is 0. The summed E-state index contributed by atoms with van der Waals surface area (Å²) in [5.74, 6) is 1.65. The van der Waals surface area contributed by atoms with Crippen molar-refractivity contribution >= 4 is 6.21 Å². The normalized spacial score (nSPS) is 32.3. The van der Waals surface area contributed by atoms with Gasteiger partial charge < -0.3 is 0 Å². The largest absolute Gasteiger partial charge is 0.237 e. The van der Waals surface area contributed by atoms with E-state index in [0.717, 1.165) is 11.8 Å². The Bertz CT molecular complexity index is 158. The average Bonchev–Trinajstić information content (AvgIpc) is 1.85. The van der Waals surface area contributed by atoms with Crippen LogP contribution in [0, 0.1) is 11.8 Å². The molecule has 0 aromatic carbocycles. The summed E-state index contributed by atoms with van der Waals surface area (Å²) < 4.78 is 2.47. The Labute approximate surface area is 70.1 Å². The fraction of sp³-hybridized carbons (Fsp3) is 0.900. The quantitative estimate of drug-likeness (QED) is 0.509. The molecule has 1 heteroatoms. The summed E-state index contributed by atoms with van der Waals surface area (Å²) in [6.45, 7) is 10.4. The Kier molecular flexibility index (Phi) is 2.69. The topological polar surface area (TPSA) is 3.01 Å². The molecule has 1 aliphatic heterocycles. The molecule has 0 unspecified atom stereocenters. The van der Waals surface area contributed by atoms with E-state index in [1.165, 1.54) is 13.0 Å². The van der Waals surface area contributed by atoms with Gasteiger partial charge in [-0.05, 0) is 20.3 Å². The van der Waals surface area contributed by atoms with Gasteiger partial charge in [0, 0.05) is 11.8 Å². The fourth-order valence-electron chi connectivity index (χ4n) is 1.90. The van der Waals surface area contributed by atoms with Gasteiger partial charge in [0.05, 0.1) is 0 Å². The maximum atomic E-state index is 2.47. The Hall–Kier alpha value is -0.330. The molecule has 1 nitrogen and oxygen atoms in total. The van der Waals surface area contributed by atoms with Crippen LogP contribution in [-0.4, -0.2) is 23.4 Å². The van der Waals surface area contributed by atoms with E-state index in [2.05, 4.69) is 38.5 Å². The molecule has 1 heterocycles. The third kappa shape index (κ3) is 2.32. The first-order valence-electron chi connectivity index (χ1n) is 4.70. The van der Waals surface area contributed by atoms with Crippen molar-refractivity contribution in [3.63, 3.8) is 0 Å². The first kappa shape index (κ1) is 8.76. The van der Waals surface area contributed by atoms with Gasteiger partial charge in [0.2, 0.25) is 0 Å². The number of hydrogen-bond acceptors (Lipinski definition) is 0. The summed E-state index contributed by atoms with van der Waals surface area (Å²) in [6.07, 6.45) is 3.76. The molecule has 0 bridgehead atoms. The van der Waals surface area contributed by atoms with Crippen molar-refractivity contribution in [1.82, 2.24) is 0 Å². The molecule has 0 N–H and O–H groups in total. The predicted octanol–water partition coefficient (Wildman–Crippen LogP) is 2.15. The molecule has 2 atom stereocenters. The highest BCUT2D eigenvalue weighted by Gasteiger charge is 2.23. The maximum Gasteiger partial charge on any atom is 0.146 e. The number of nitrogens with zero attached hydrogens (tertiary/aromatic N) is 1. The van der Waals surface area contributed by atoms with Crippen LogP contribution >= 0.6 is 0 Å². The molecule has 0 aliphatic carbocycles. The van der Waals surface area contributed by atoms with Crippen molar-refractivity contribution in [3.05, 3.63) is 0 Å². The minimum absolute atomic E-state index is 0.681. The first-order chi connectivity index (χ1) is 5.09. The summed E-state index contributed by atoms with van der Waals surface area (Å²) in [7, 11) is 0. The maximum absolute atomic E-state index is 2.47. The zero-order chi connectivity index (χ0) is 8.43. The van der Waals surface area contributed by atoms with E-state index in [1.54, 1.807) is 0 Å². The van der Waals surface area contributed by atoms with E-state index in [1.807, 2.05) is 0 Å². The second kappa shape index (κ2) is 3.38. The van der Waals surface area contributed by atoms with Gasteiger partial charge in [-0.3, -0.25) is 0 Å². The van der Waals surface area contributed by atoms with Gasteiger partial charge in [-0.2, -0.15) is 0 Å². The lowest BCUT2D eigenvalue weighted by molar-refractivity contribution is -0.566. The van der Waals surface area contributed by atoms with Crippen LogP contribution < -0.4 is 0 Å². The molecule has 0 radical (unpaired) electrons. The summed E-state index contributed by atoms with van der Waals surface area (Å²) >= 11 is 0. The number of rotatable bonds is 1. The smallest absolute Gasteiger partial charge is 0.146 e. The van der Waals surface area contributed by atoms with Gasteiger partial charge in [0.25, 0.3) is 0 Å². The molecule has 0 aromatic heterocycles. The predicted molar refractivity (Wildman–Crippen MR) is 49.3 cm³/mol. The van der Waals surface area contributed by atoms with Gasteiger partial charge in [0.1, 0.15) is 18.8 Å². The van der Waals surface area contributed by atoms with Crippen molar-refractivity contribution in [2.24, 2.45) is 11.8 Å². The van der Waals surface area contributed by atoms with E-state index in [4.69, 9.17) is 0 Å². The molecule has 0 saturated carbocycles. The van der Waals surface area contributed by atoms with Gasteiger partial charge in [0.15, 0.2) is 0 Å². The van der Waals surface area contributed by atoms with E-state index in [-0.39, 0.29) is 0 Å². The summed E-state index contributed by atoms with van der Waals surface area (Å²) in [4.78, 5) is 0. The molecule has 0 amide bonds. The van der Waals surface area contributed by atoms with E-state index >= 15 is 0 Å². The van der Waals surface area contributed by atoms with Crippen molar-refractivity contribution in [2.75, 3.05) is 6.54 Å². The first-order valence-corrected chi connectivity index (χ1v) is 4.70.